The van der Waals surface area contributed by atoms with E-state index in [0.29, 0.717) is 5.75 Å². The second kappa shape index (κ2) is 8.31. The van der Waals surface area contributed by atoms with Gasteiger partial charge in [0.15, 0.2) is 5.78 Å². The summed E-state index contributed by atoms with van der Waals surface area (Å²) in [4.78, 5) is 11.3. The molecule has 0 atom stereocenters. The molecule has 6 heteroatoms. The number of rotatable bonds is 9. The van der Waals surface area contributed by atoms with Gasteiger partial charge in [-0.15, -0.1) is 5.10 Å². The molecule has 0 aliphatic rings. The van der Waals surface area contributed by atoms with Gasteiger partial charge < -0.3 is 9.84 Å². The van der Waals surface area contributed by atoms with E-state index in [2.05, 4.69) is 17.2 Å². The highest BCUT2D eigenvalue weighted by Gasteiger charge is 2.08. The molecule has 2 rings (SSSR count). The van der Waals surface area contributed by atoms with Gasteiger partial charge in [-0.1, -0.05) is 31.4 Å². The van der Waals surface area contributed by atoms with Crippen LogP contribution in [-0.2, 0) is 13.2 Å². The molecule has 2 aromatic rings. The van der Waals surface area contributed by atoms with Crippen molar-refractivity contribution in [3.05, 3.63) is 35.7 Å². The van der Waals surface area contributed by atoms with Crippen LogP contribution in [0, 0.1) is 0 Å². The van der Waals surface area contributed by atoms with Crippen LogP contribution >= 0.6 is 0 Å². The molecule has 6 nitrogen and oxygen atoms in total. The van der Waals surface area contributed by atoms with Gasteiger partial charge in [0, 0.05) is 12.6 Å². The van der Waals surface area contributed by atoms with Crippen LogP contribution in [0.15, 0.2) is 24.4 Å². The van der Waals surface area contributed by atoms with Crippen molar-refractivity contribution < 1.29 is 14.6 Å². The summed E-state index contributed by atoms with van der Waals surface area (Å²) in [5.41, 5.74) is 1.02. The second-order valence-electron chi connectivity index (χ2n) is 5.56. The van der Waals surface area contributed by atoms with Crippen LogP contribution in [0.3, 0.4) is 0 Å². The molecule has 0 bridgehead atoms. The SMILES string of the molecule is CCCCCCn1cc(COc2ccc(C(C)=O)c(O)c2)nn1. The summed E-state index contributed by atoms with van der Waals surface area (Å²) in [5.74, 6) is 0.236. The zero-order valence-electron chi connectivity index (χ0n) is 13.7. The first-order valence-corrected chi connectivity index (χ1v) is 7.96. The van der Waals surface area contributed by atoms with E-state index in [1.165, 1.54) is 32.3 Å². The number of carbonyl (C=O) groups excluding carboxylic acids is 1. The zero-order valence-corrected chi connectivity index (χ0v) is 13.7. The molecule has 1 heterocycles. The van der Waals surface area contributed by atoms with Gasteiger partial charge >= 0.3 is 0 Å². The fraction of sp³-hybridized carbons (Fsp3) is 0.471. The summed E-state index contributed by atoms with van der Waals surface area (Å²) in [7, 11) is 0. The van der Waals surface area contributed by atoms with Crippen molar-refractivity contribution >= 4 is 5.78 Å². The van der Waals surface area contributed by atoms with Crippen molar-refractivity contribution in [3.63, 3.8) is 0 Å². The summed E-state index contributed by atoms with van der Waals surface area (Å²) in [5, 5.41) is 17.9. The maximum atomic E-state index is 11.3. The topological polar surface area (TPSA) is 77.2 Å². The predicted molar refractivity (Wildman–Crippen MR) is 86.6 cm³/mol. The maximum Gasteiger partial charge on any atom is 0.163 e. The number of hydrogen-bond donors (Lipinski definition) is 1. The number of phenolic OH excluding ortho intramolecular Hbond substituents is 1. The molecule has 1 aromatic heterocycles. The van der Waals surface area contributed by atoms with Gasteiger partial charge in [-0.25, -0.2) is 0 Å². The van der Waals surface area contributed by atoms with Crippen LogP contribution in [0.2, 0.25) is 0 Å². The number of unbranched alkanes of at least 4 members (excludes halogenated alkanes) is 3. The van der Waals surface area contributed by atoms with E-state index in [-0.39, 0.29) is 23.7 Å². The number of ether oxygens (including phenoxy) is 1. The Balaban J connectivity index is 1.85. The molecule has 0 unspecified atom stereocenters. The highest BCUT2D eigenvalue weighted by Crippen LogP contribution is 2.24. The second-order valence-corrected chi connectivity index (χ2v) is 5.56. The number of aromatic hydroxyl groups is 1. The molecule has 0 radical (unpaired) electrons. The average molecular weight is 317 g/mol. The largest absolute Gasteiger partial charge is 0.507 e. The quantitative estimate of drug-likeness (QED) is 0.567. The summed E-state index contributed by atoms with van der Waals surface area (Å²) in [6, 6.07) is 4.65. The van der Waals surface area contributed by atoms with Crippen molar-refractivity contribution in [2.75, 3.05) is 0 Å². The van der Waals surface area contributed by atoms with Gasteiger partial charge in [-0.2, -0.15) is 0 Å². The van der Waals surface area contributed by atoms with Gasteiger partial charge in [0.1, 0.15) is 23.8 Å². The molecule has 124 valence electrons. The van der Waals surface area contributed by atoms with E-state index in [9.17, 15) is 9.90 Å². The Morgan fingerprint density at radius 3 is 2.83 bits per heavy atom. The minimum Gasteiger partial charge on any atom is -0.507 e. The number of benzene rings is 1. The van der Waals surface area contributed by atoms with Crippen molar-refractivity contribution in [3.8, 4) is 11.5 Å². The van der Waals surface area contributed by atoms with E-state index >= 15 is 0 Å². The van der Waals surface area contributed by atoms with Crippen molar-refractivity contribution in [1.29, 1.82) is 0 Å². The smallest absolute Gasteiger partial charge is 0.163 e. The Kier molecular flexibility index (Phi) is 6.14. The lowest BCUT2D eigenvalue weighted by Gasteiger charge is -2.06. The molecule has 0 saturated carbocycles. The number of Topliss-reactive ketones (excluding diaryl/α,β-unsaturated/α-hetero) is 1. The number of aryl methyl sites for hydroxylation is 1. The number of carbonyl (C=O) groups is 1. The summed E-state index contributed by atoms with van der Waals surface area (Å²) >= 11 is 0. The third kappa shape index (κ3) is 5.09. The van der Waals surface area contributed by atoms with Gasteiger partial charge in [-0.3, -0.25) is 9.48 Å². The van der Waals surface area contributed by atoms with Crippen LogP contribution in [0.5, 0.6) is 11.5 Å². The van der Waals surface area contributed by atoms with Gasteiger partial charge in [-0.05, 0) is 25.5 Å². The first-order chi connectivity index (χ1) is 11.1. The molecule has 0 aliphatic heterocycles. The van der Waals surface area contributed by atoms with Crippen molar-refractivity contribution in [1.82, 2.24) is 15.0 Å². The molecule has 0 amide bonds. The van der Waals surface area contributed by atoms with Gasteiger partial charge in [0.2, 0.25) is 0 Å². The van der Waals surface area contributed by atoms with E-state index < -0.39 is 0 Å². The summed E-state index contributed by atoms with van der Waals surface area (Å²) in [6.07, 6.45) is 6.62. The first kappa shape index (κ1) is 17.0. The maximum absolute atomic E-state index is 11.3. The average Bonchev–Trinajstić information content (AvgIpc) is 2.97. The lowest BCUT2D eigenvalue weighted by atomic mass is 10.1. The van der Waals surface area contributed by atoms with Gasteiger partial charge in [0.05, 0.1) is 11.8 Å². The number of ketones is 1. The predicted octanol–water partition coefficient (Wildman–Crippen LogP) is 3.35. The van der Waals surface area contributed by atoms with E-state index in [1.807, 2.05) is 10.9 Å². The van der Waals surface area contributed by atoms with E-state index in [4.69, 9.17) is 4.74 Å². The number of hydrogen-bond acceptors (Lipinski definition) is 5. The normalized spacial score (nSPS) is 10.7. The Bertz CT molecular complexity index is 652. The number of aromatic nitrogens is 3. The third-order valence-corrected chi connectivity index (χ3v) is 3.56. The first-order valence-electron chi connectivity index (χ1n) is 7.96. The molecule has 0 aliphatic carbocycles. The Morgan fingerprint density at radius 1 is 1.30 bits per heavy atom. The Labute approximate surface area is 136 Å². The van der Waals surface area contributed by atoms with Crippen molar-refractivity contribution in [2.45, 2.75) is 52.7 Å². The molecular weight excluding hydrogens is 294 g/mol. The molecule has 1 aromatic carbocycles. The fourth-order valence-corrected chi connectivity index (χ4v) is 2.27. The minimum atomic E-state index is -0.180. The lowest BCUT2D eigenvalue weighted by molar-refractivity contribution is 0.101. The minimum absolute atomic E-state index is 0.0745. The standard InChI is InChI=1S/C17H23N3O3/c1-3-4-5-6-9-20-11-14(18-19-20)12-23-15-7-8-16(13(2)21)17(22)10-15/h7-8,10-11,22H,3-6,9,12H2,1-2H3. The number of nitrogens with zero attached hydrogens (tertiary/aromatic N) is 3. The molecule has 0 fully saturated rings. The van der Waals surface area contributed by atoms with Crippen LogP contribution in [0.25, 0.3) is 0 Å². The Morgan fingerprint density at radius 2 is 2.13 bits per heavy atom. The van der Waals surface area contributed by atoms with Crippen LogP contribution in [-0.4, -0.2) is 25.9 Å². The molecule has 0 spiro atoms. The van der Waals surface area contributed by atoms with E-state index in [0.717, 1.165) is 18.7 Å². The highest BCUT2D eigenvalue weighted by molar-refractivity contribution is 5.96. The number of phenols is 1. The molecule has 0 saturated heterocycles. The zero-order chi connectivity index (χ0) is 16.7. The lowest BCUT2D eigenvalue weighted by Crippen LogP contribution is -1.99. The highest BCUT2D eigenvalue weighted by atomic mass is 16.5. The van der Waals surface area contributed by atoms with Gasteiger partial charge in [0.25, 0.3) is 0 Å². The van der Waals surface area contributed by atoms with Crippen LogP contribution in [0.4, 0.5) is 0 Å². The van der Waals surface area contributed by atoms with Crippen molar-refractivity contribution in [2.24, 2.45) is 0 Å². The monoisotopic (exact) mass is 317 g/mol. The molecule has 1 N–H and O–H groups in total. The van der Waals surface area contributed by atoms with Crippen LogP contribution in [0.1, 0.15) is 55.6 Å². The van der Waals surface area contributed by atoms with E-state index in [1.54, 1.807) is 12.1 Å². The van der Waals surface area contributed by atoms with Crippen LogP contribution < -0.4 is 4.74 Å². The third-order valence-electron chi connectivity index (χ3n) is 3.56. The Hall–Kier alpha value is -2.37. The summed E-state index contributed by atoms with van der Waals surface area (Å²) < 4.78 is 7.40. The molecular formula is C17H23N3O3. The molecule has 23 heavy (non-hydrogen) atoms. The summed E-state index contributed by atoms with van der Waals surface area (Å²) in [6.45, 7) is 4.73. The fourth-order valence-electron chi connectivity index (χ4n) is 2.27.